The molecule has 2 aliphatic heterocycles. The van der Waals surface area contributed by atoms with Crippen LogP contribution in [0.2, 0.25) is 0 Å². The Morgan fingerprint density at radius 2 is 2.05 bits per heavy atom. The second kappa shape index (κ2) is 6.93. The molecule has 5 heteroatoms. The number of piperidine rings is 1. The zero-order chi connectivity index (χ0) is 15.7. The molecular weight excluding hydrogens is 360 g/mol. The molecule has 1 amide bonds. The molecule has 0 spiro atoms. The molecule has 120 valence electrons. The number of rotatable bonds is 4. The molecule has 0 radical (unpaired) electrons. The molecule has 2 bridgehead atoms. The van der Waals surface area contributed by atoms with Crippen molar-refractivity contribution in [2.24, 2.45) is 0 Å². The summed E-state index contributed by atoms with van der Waals surface area (Å²) in [6, 6.07) is 7.88. The SMILES string of the molecule is Cc1cc(Br)ccc1SCC(=O)N(C)C1CC2CCC(C1)N2. The minimum atomic E-state index is 0.249. The first-order valence-electron chi connectivity index (χ1n) is 7.93. The predicted molar refractivity (Wildman–Crippen MR) is 95.3 cm³/mol. The van der Waals surface area contributed by atoms with Crippen LogP contribution in [0.25, 0.3) is 0 Å². The van der Waals surface area contributed by atoms with Gasteiger partial charge < -0.3 is 10.2 Å². The van der Waals surface area contributed by atoms with E-state index in [1.807, 2.05) is 18.0 Å². The zero-order valence-corrected chi connectivity index (χ0v) is 15.5. The van der Waals surface area contributed by atoms with Gasteiger partial charge in [-0.25, -0.2) is 0 Å². The van der Waals surface area contributed by atoms with Crippen molar-refractivity contribution in [3.63, 3.8) is 0 Å². The molecule has 2 fully saturated rings. The van der Waals surface area contributed by atoms with Crippen molar-refractivity contribution in [2.75, 3.05) is 12.8 Å². The average Bonchev–Trinajstić information content (AvgIpc) is 2.83. The second-order valence-corrected chi connectivity index (χ2v) is 8.40. The Morgan fingerprint density at radius 1 is 1.36 bits per heavy atom. The van der Waals surface area contributed by atoms with Crippen LogP contribution in [-0.4, -0.2) is 41.7 Å². The maximum absolute atomic E-state index is 12.5. The minimum absolute atomic E-state index is 0.249. The lowest BCUT2D eigenvalue weighted by molar-refractivity contribution is -0.129. The topological polar surface area (TPSA) is 32.3 Å². The molecule has 2 aliphatic rings. The summed E-state index contributed by atoms with van der Waals surface area (Å²) in [6.07, 6.45) is 4.77. The van der Waals surface area contributed by atoms with Gasteiger partial charge >= 0.3 is 0 Å². The fraction of sp³-hybridized carbons (Fsp3) is 0.588. The first-order chi connectivity index (χ1) is 10.5. The van der Waals surface area contributed by atoms with Gasteiger partial charge in [0.15, 0.2) is 0 Å². The molecule has 2 saturated heterocycles. The first kappa shape index (κ1) is 16.3. The Labute approximate surface area is 145 Å². The van der Waals surface area contributed by atoms with Crippen LogP contribution in [0, 0.1) is 6.92 Å². The van der Waals surface area contributed by atoms with Gasteiger partial charge in [0.1, 0.15) is 0 Å². The highest BCUT2D eigenvalue weighted by molar-refractivity contribution is 9.10. The zero-order valence-electron chi connectivity index (χ0n) is 13.1. The van der Waals surface area contributed by atoms with Crippen molar-refractivity contribution in [3.05, 3.63) is 28.2 Å². The molecule has 22 heavy (non-hydrogen) atoms. The molecule has 0 aliphatic carbocycles. The summed E-state index contributed by atoms with van der Waals surface area (Å²) in [5, 5.41) is 3.64. The van der Waals surface area contributed by atoms with Gasteiger partial charge in [0.05, 0.1) is 5.75 Å². The molecule has 0 aromatic heterocycles. The molecule has 0 saturated carbocycles. The lowest BCUT2D eigenvalue weighted by Gasteiger charge is -2.35. The fourth-order valence-electron chi connectivity index (χ4n) is 3.56. The molecular formula is C17H23BrN2OS. The molecule has 1 aromatic carbocycles. The number of carbonyl (C=O) groups is 1. The van der Waals surface area contributed by atoms with Gasteiger partial charge in [-0.1, -0.05) is 15.9 Å². The maximum atomic E-state index is 12.5. The number of nitrogens with one attached hydrogen (secondary N) is 1. The summed E-state index contributed by atoms with van der Waals surface area (Å²) in [5.41, 5.74) is 1.22. The molecule has 2 unspecified atom stereocenters. The molecule has 1 N–H and O–H groups in total. The van der Waals surface area contributed by atoms with Crippen LogP contribution in [0.1, 0.15) is 31.2 Å². The van der Waals surface area contributed by atoms with E-state index in [4.69, 9.17) is 0 Å². The van der Waals surface area contributed by atoms with Gasteiger partial charge in [0.2, 0.25) is 5.91 Å². The number of carbonyl (C=O) groups excluding carboxylic acids is 1. The van der Waals surface area contributed by atoms with Crippen LogP contribution < -0.4 is 5.32 Å². The molecule has 1 aromatic rings. The van der Waals surface area contributed by atoms with Crippen LogP contribution in [0.15, 0.2) is 27.6 Å². The predicted octanol–water partition coefficient (Wildman–Crippen LogP) is 3.59. The van der Waals surface area contributed by atoms with Crippen LogP contribution in [-0.2, 0) is 4.79 Å². The van der Waals surface area contributed by atoms with E-state index in [9.17, 15) is 4.79 Å². The van der Waals surface area contributed by atoms with Crippen LogP contribution in [0.5, 0.6) is 0 Å². The Kier molecular flexibility index (Phi) is 5.15. The van der Waals surface area contributed by atoms with E-state index < -0.39 is 0 Å². The van der Waals surface area contributed by atoms with Gasteiger partial charge in [-0.3, -0.25) is 4.79 Å². The summed E-state index contributed by atoms with van der Waals surface area (Å²) in [7, 11) is 1.98. The minimum Gasteiger partial charge on any atom is -0.342 e. The largest absolute Gasteiger partial charge is 0.342 e. The average molecular weight is 383 g/mol. The number of benzene rings is 1. The van der Waals surface area contributed by atoms with E-state index >= 15 is 0 Å². The molecule has 3 nitrogen and oxygen atoms in total. The number of nitrogens with zero attached hydrogens (tertiary/aromatic N) is 1. The van der Waals surface area contributed by atoms with E-state index in [-0.39, 0.29) is 5.91 Å². The van der Waals surface area contributed by atoms with E-state index in [0.717, 1.165) is 17.3 Å². The smallest absolute Gasteiger partial charge is 0.232 e. The van der Waals surface area contributed by atoms with E-state index in [1.165, 1.54) is 23.3 Å². The first-order valence-corrected chi connectivity index (χ1v) is 9.71. The number of amides is 1. The summed E-state index contributed by atoms with van der Waals surface area (Å²) in [6.45, 7) is 2.09. The van der Waals surface area contributed by atoms with Gasteiger partial charge in [0.25, 0.3) is 0 Å². The van der Waals surface area contributed by atoms with Gasteiger partial charge in [-0.15, -0.1) is 11.8 Å². The summed E-state index contributed by atoms with van der Waals surface area (Å²) in [5.74, 6) is 0.775. The quantitative estimate of drug-likeness (QED) is 0.807. The third-order valence-electron chi connectivity index (χ3n) is 4.88. The summed E-state index contributed by atoms with van der Waals surface area (Å²) in [4.78, 5) is 15.7. The number of hydrogen-bond acceptors (Lipinski definition) is 3. The van der Waals surface area contributed by atoms with Crippen LogP contribution in [0.3, 0.4) is 0 Å². The Morgan fingerprint density at radius 3 is 2.68 bits per heavy atom. The van der Waals surface area contributed by atoms with Crippen molar-refractivity contribution in [3.8, 4) is 0 Å². The van der Waals surface area contributed by atoms with E-state index in [1.54, 1.807) is 11.8 Å². The third-order valence-corrected chi connectivity index (χ3v) is 6.53. The highest BCUT2D eigenvalue weighted by Crippen LogP contribution is 2.30. The van der Waals surface area contributed by atoms with Gasteiger partial charge in [-0.2, -0.15) is 0 Å². The van der Waals surface area contributed by atoms with E-state index in [2.05, 4.69) is 40.3 Å². The number of thioether (sulfide) groups is 1. The van der Waals surface area contributed by atoms with Crippen molar-refractivity contribution >= 4 is 33.6 Å². The van der Waals surface area contributed by atoms with Crippen molar-refractivity contribution < 1.29 is 4.79 Å². The Hall–Kier alpha value is -0.520. The standard InChI is InChI=1S/C17H23BrN2OS/c1-11-7-12(18)3-6-16(11)22-10-17(21)20(2)15-8-13-4-5-14(9-15)19-13/h3,6-7,13-15,19H,4-5,8-10H2,1-2H3. The third kappa shape index (κ3) is 3.69. The van der Waals surface area contributed by atoms with Crippen LogP contribution >= 0.6 is 27.7 Å². The summed E-state index contributed by atoms with van der Waals surface area (Å²) < 4.78 is 1.09. The van der Waals surface area contributed by atoms with Crippen molar-refractivity contribution in [2.45, 2.75) is 55.6 Å². The Bertz CT molecular complexity index is 554. The number of aryl methyl sites for hydroxylation is 1. The second-order valence-electron chi connectivity index (χ2n) is 6.47. The Balaban J connectivity index is 1.55. The lowest BCUT2D eigenvalue weighted by Crippen LogP contribution is -2.49. The van der Waals surface area contributed by atoms with E-state index in [0.29, 0.717) is 23.9 Å². The van der Waals surface area contributed by atoms with Gasteiger partial charge in [0, 0.05) is 34.5 Å². The maximum Gasteiger partial charge on any atom is 0.232 e. The number of hydrogen-bond donors (Lipinski definition) is 1. The highest BCUT2D eigenvalue weighted by Gasteiger charge is 2.36. The lowest BCUT2D eigenvalue weighted by atomic mass is 9.98. The number of fused-ring (bicyclic) bond motifs is 2. The molecule has 2 heterocycles. The summed E-state index contributed by atoms with van der Waals surface area (Å²) >= 11 is 5.12. The number of halogens is 1. The normalized spacial score (nSPS) is 27.0. The van der Waals surface area contributed by atoms with Gasteiger partial charge in [-0.05, 0) is 56.4 Å². The van der Waals surface area contributed by atoms with Crippen molar-refractivity contribution in [1.29, 1.82) is 0 Å². The molecule has 2 atom stereocenters. The van der Waals surface area contributed by atoms with Crippen LogP contribution in [0.4, 0.5) is 0 Å². The fourth-order valence-corrected chi connectivity index (χ4v) is 4.97. The monoisotopic (exact) mass is 382 g/mol. The molecule has 3 rings (SSSR count). The highest BCUT2D eigenvalue weighted by atomic mass is 79.9. The van der Waals surface area contributed by atoms with Crippen molar-refractivity contribution in [1.82, 2.24) is 10.2 Å².